The topological polar surface area (TPSA) is 10.8 Å². The molecular weight excluding hydrogens is 174 g/mol. The molecule has 0 aromatic carbocycles. The van der Waals surface area contributed by atoms with E-state index in [1.54, 1.807) is 0 Å². The van der Waals surface area contributed by atoms with Crippen molar-refractivity contribution < 1.29 is 0 Å². The molecule has 1 aliphatic heterocycles. The average molecular weight is 195 g/mol. The van der Waals surface area contributed by atoms with Gasteiger partial charge < -0.3 is 0 Å². The van der Waals surface area contributed by atoms with Gasteiger partial charge in [-0.25, -0.2) is 11.5 Å². The van der Waals surface area contributed by atoms with Crippen LogP contribution in [-0.2, 0) is 0 Å². The lowest BCUT2D eigenvalue weighted by molar-refractivity contribution is 0.0559. The summed E-state index contributed by atoms with van der Waals surface area (Å²) in [5, 5.41) is 0. The predicted octanol–water partition coefficient (Wildman–Crippen LogP) is 1.67. The van der Waals surface area contributed by atoms with Crippen LogP contribution >= 0.6 is 0 Å². The van der Waals surface area contributed by atoms with Crippen molar-refractivity contribution in [2.75, 3.05) is 19.6 Å². The number of rotatable bonds is 2. The van der Waals surface area contributed by atoms with E-state index < -0.39 is 0 Å². The van der Waals surface area contributed by atoms with Gasteiger partial charge in [-0.3, -0.25) is 9.74 Å². The first-order valence-corrected chi connectivity index (χ1v) is 5.42. The summed E-state index contributed by atoms with van der Waals surface area (Å²) in [6.07, 6.45) is 0.0612. The summed E-state index contributed by atoms with van der Waals surface area (Å²) < 4.78 is 0. The van der Waals surface area contributed by atoms with E-state index >= 15 is 0 Å². The first-order valence-electron chi connectivity index (χ1n) is 5.42. The zero-order chi connectivity index (χ0) is 10.7. The van der Waals surface area contributed by atoms with Crippen molar-refractivity contribution in [3.63, 3.8) is 0 Å². The molecule has 0 N–H and O–H groups in total. The first kappa shape index (κ1) is 11.5. The molecule has 3 heteroatoms. The molecule has 3 nitrogen and oxygen atoms in total. The average Bonchev–Trinajstić information content (AvgIpc) is 2.16. The molecule has 0 amide bonds. The maximum atomic E-state index is 7.21. The second-order valence-corrected chi connectivity index (χ2v) is 4.53. The van der Waals surface area contributed by atoms with Gasteiger partial charge in [0.25, 0.3) is 6.17 Å². The number of hydrogen-bond donors (Lipinski definition) is 0. The Morgan fingerprint density at radius 1 is 1.14 bits per heavy atom. The molecule has 1 heterocycles. The van der Waals surface area contributed by atoms with Crippen LogP contribution < -0.4 is 0 Å². The summed E-state index contributed by atoms with van der Waals surface area (Å²) in [6, 6.07) is 1.05. The monoisotopic (exact) mass is 195 g/mol. The minimum atomic E-state index is 0.0612. The van der Waals surface area contributed by atoms with E-state index in [1.165, 1.54) is 0 Å². The lowest BCUT2D eigenvalue weighted by Crippen LogP contribution is -2.55. The maximum Gasteiger partial charge on any atom is 0.292 e. The van der Waals surface area contributed by atoms with Crippen molar-refractivity contribution in [1.82, 2.24) is 9.80 Å². The summed E-state index contributed by atoms with van der Waals surface area (Å²) in [7, 11) is 0. The minimum Gasteiger partial charge on any atom is -0.295 e. The summed E-state index contributed by atoms with van der Waals surface area (Å²) in [5.41, 5.74) is 0. The van der Waals surface area contributed by atoms with Crippen molar-refractivity contribution in [2.24, 2.45) is 0 Å². The molecular formula is C11H21N3. The Bertz CT molecular complexity index is 217. The van der Waals surface area contributed by atoms with Gasteiger partial charge >= 0.3 is 0 Å². The Labute approximate surface area is 87.5 Å². The van der Waals surface area contributed by atoms with E-state index in [4.69, 9.17) is 6.57 Å². The Morgan fingerprint density at radius 2 is 1.79 bits per heavy atom. The molecule has 0 spiro atoms. The van der Waals surface area contributed by atoms with Crippen LogP contribution in [0, 0.1) is 6.57 Å². The van der Waals surface area contributed by atoms with Crippen molar-refractivity contribution >= 4 is 0 Å². The van der Waals surface area contributed by atoms with E-state index in [9.17, 15) is 0 Å². The standard InChI is InChI=1S/C11H21N3/c1-9(2)13-6-7-14(10(3)4)11(8-13)12-5/h9-11H,6-8H2,1-4H3/t11-/m0/s1. The lowest BCUT2D eigenvalue weighted by Gasteiger charge is -2.38. The SMILES string of the molecule is [C-]#[N+][C@@H]1CN(C(C)C)CCN1C(C)C. The van der Waals surface area contributed by atoms with Gasteiger partial charge in [0.05, 0.1) is 6.54 Å². The third-order valence-electron chi connectivity index (χ3n) is 2.97. The second kappa shape index (κ2) is 4.77. The number of hydrogen-bond acceptors (Lipinski definition) is 2. The van der Waals surface area contributed by atoms with Crippen LogP contribution in [-0.4, -0.2) is 47.7 Å². The summed E-state index contributed by atoms with van der Waals surface area (Å²) in [5.74, 6) is 0. The maximum absolute atomic E-state index is 7.21. The fourth-order valence-corrected chi connectivity index (χ4v) is 1.99. The van der Waals surface area contributed by atoms with E-state index in [-0.39, 0.29) is 6.17 Å². The van der Waals surface area contributed by atoms with Gasteiger partial charge in [-0.1, -0.05) is 0 Å². The fourth-order valence-electron chi connectivity index (χ4n) is 1.99. The highest BCUT2D eigenvalue weighted by Crippen LogP contribution is 2.15. The highest BCUT2D eigenvalue weighted by molar-refractivity contribution is 4.90. The summed E-state index contributed by atoms with van der Waals surface area (Å²) in [6.45, 7) is 19.0. The van der Waals surface area contributed by atoms with Gasteiger partial charge in [0.1, 0.15) is 0 Å². The molecule has 0 bridgehead atoms. The number of nitrogens with zero attached hydrogens (tertiary/aromatic N) is 3. The van der Waals surface area contributed by atoms with Crippen LogP contribution in [0.4, 0.5) is 0 Å². The predicted molar refractivity (Wildman–Crippen MR) is 58.9 cm³/mol. The van der Waals surface area contributed by atoms with Crippen LogP contribution in [0.25, 0.3) is 4.85 Å². The molecule has 0 unspecified atom stereocenters. The molecule has 0 aromatic rings. The van der Waals surface area contributed by atoms with Gasteiger partial charge in [-0.05, 0) is 27.7 Å². The van der Waals surface area contributed by atoms with Crippen molar-refractivity contribution in [3.05, 3.63) is 11.4 Å². The zero-order valence-electron chi connectivity index (χ0n) is 9.70. The molecule has 80 valence electrons. The largest absolute Gasteiger partial charge is 0.295 e. The van der Waals surface area contributed by atoms with Crippen molar-refractivity contribution in [2.45, 2.75) is 45.9 Å². The Kier molecular flexibility index (Phi) is 3.91. The molecule has 0 radical (unpaired) electrons. The Hall–Kier alpha value is -0.590. The second-order valence-electron chi connectivity index (χ2n) is 4.53. The molecule has 1 rings (SSSR count). The molecule has 14 heavy (non-hydrogen) atoms. The van der Waals surface area contributed by atoms with Crippen LogP contribution in [0.3, 0.4) is 0 Å². The molecule has 0 aliphatic carbocycles. The van der Waals surface area contributed by atoms with Crippen LogP contribution in [0.15, 0.2) is 0 Å². The highest BCUT2D eigenvalue weighted by Gasteiger charge is 2.33. The Morgan fingerprint density at radius 3 is 2.21 bits per heavy atom. The van der Waals surface area contributed by atoms with Gasteiger partial charge in [0, 0.05) is 25.2 Å². The van der Waals surface area contributed by atoms with Crippen molar-refractivity contribution in [1.29, 1.82) is 0 Å². The van der Waals surface area contributed by atoms with E-state index in [0.717, 1.165) is 19.6 Å². The van der Waals surface area contributed by atoms with Crippen LogP contribution in [0.2, 0.25) is 0 Å². The van der Waals surface area contributed by atoms with Gasteiger partial charge in [-0.2, -0.15) is 0 Å². The molecule has 1 fully saturated rings. The zero-order valence-corrected chi connectivity index (χ0v) is 9.70. The summed E-state index contributed by atoms with van der Waals surface area (Å²) in [4.78, 5) is 8.41. The van der Waals surface area contributed by atoms with Crippen molar-refractivity contribution in [3.8, 4) is 0 Å². The van der Waals surface area contributed by atoms with E-state index in [2.05, 4.69) is 42.3 Å². The molecule has 0 saturated carbocycles. The minimum absolute atomic E-state index is 0.0612. The van der Waals surface area contributed by atoms with Gasteiger partial charge in [0.2, 0.25) is 0 Å². The fraction of sp³-hybridized carbons (Fsp3) is 0.909. The molecule has 0 aromatic heterocycles. The number of piperazine rings is 1. The van der Waals surface area contributed by atoms with Gasteiger partial charge in [0.15, 0.2) is 0 Å². The quantitative estimate of drug-likeness (QED) is 0.621. The molecule has 1 saturated heterocycles. The highest BCUT2D eigenvalue weighted by atomic mass is 15.3. The third kappa shape index (κ3) is 2.46. The van der Waals surface area contributed by atoms with Crippen LogP contribution in [0.5, 0.6) is 0 Å². The van der Waals surface area contributed by atoms with Gasteiger partial charge in [-0.15, -0.1) is 0 Å². The normalized spacial score (nSPS) is 25.6. The summed E-state index contributed by atoms with van der Waals surface area (Å²) >= 11 is 0. The van der Waals surface area contributed by atoms with E-state index in [1.807, 2.05) is 0 Å². The third-order valence-corrected chi connectivity index (χ3v) is 2.97. The first-order chi connectivity index (χ1) is 6.56. The molecule has 1 atom stereocenters. The smallest absolute Gasteiger partial charge is 0.292 e. The molecule has 1 aliphatic rings. The lowest BCUT2D eigenvalue weighted by atomic mass is 10.2. The Balaban J connectivity index is 2.60. The van der Waals surface area contributed by atoms with Crippen LogP contribution in [0.1, 0.15) is 27.7 Å². The van der Waals surface area contributed by atoms with E-state index in [0.29, 0.717) is 12.1 Å².